The maximum atomic E-state index is 12.9. The average molecular weight is 439 g/mol. The van der Waals surface area contributed by atoms with Crippen LogP contribution in [-0.4, -0.2) is 59.2 Å². The fourth-order valence-electron chi connectivity index (χ4n) is 3.00. The van der Waals surface area contributed by atoms with Crippen LogP contribution in [0, 0.1) is 0 Å². The van der Waals surface area contributed by atoms with Gasteiger partial charge in [-0.15, -0.1) is 0 Å². The SMILES string of the molecule is [2H]N[C@@H](CCCCN)C(=O)N[C@@H](Cc1ccc(O)cc1)C(=O)N[C@@H](CCCCN)C(=O)O. The third kappa shape index (κ3) is 10.3. The molecule has 0 bridgehead atoms. The number of phenolic OH excluding ortho intramolecular Hbond substituents is 1. The Balaban J connectivity index is 2.94. The molecule has 0 saturated carbocycles. The molecular formula is C21H35N5O5. The molecule has 0 heterocycles. The standard InChI is InChI=1S/C21H35N5O5/c22-11-3-1-5-16(24)19(28)26-18(13-14-7-9-15(27)10-8-14)20(29)25-17(21(30)31)6-2-4-12-23/h7-10,16-18,27H,1-6,11-13,22-24H2,(H,25,29)(H,26,28)(H,30,31)/t16-,17-,18-/m0/s1/i/hD. The minimum absolute atomic E-state index is 0.0583. The number of benzene rings is 1. The van der Waals surface area contributed by atoms with E-state index in [2.05, 4.69) is 16.4 Å². The predicted octanol–water partition coefficient (Wildman–Crippen LogP) is -0.426. The fourth-order valence-corrected chi connectivity index (χ4v) is 3.00. The van der Waals surface area contributed by atoms with Crippen molar-refractivity contribution in [3.8, 4) is 5.75 Å². The van der Waals surface area contributed by atoms with E-state index in [1.165, 1.54) is 12.1 Å². The molecule has 1 aromatic carbocycles. The highest BCUT2D eigenvalue weighted by atomic mass is 16.4. The molecule has 0 aliphatic heterocycles. The van der Waals surface area contributed by atoms with Crippen molar-refractivity contribution in [2.75, 3.05) is 13.1 Å². The summed E-state index contributed by atoms with van der Waals surface area (Å²) in [4.78, 5) is 37.2. The molecule has 0 radical (unpaired) electrons. The molecule has 0 aliphatic carbocycles. The molecule has 2 amide bonds. The third-order valence-corrected chi connectivity index (χ3v) is 4.83. The number of hydrogen-bond donors (Lipinski definition) is 7. The van der Waals surface area contributed by atoms with Gasteiger partial charge >= 0.3 is 5.97 Å². The van der Waals surface area contributed by atoms with Gasteiger partial charge in [-0.05, 0) is 62.9 Å². The van der Waals surface area contributed by atoms with Gasteiger partial charge in [-0.3, -0.25) is 9.59 Å². The zero-order chi connectivity index (χ0) is 23.9. The molecule has 0 saturated heterocycles. The number of nitrogens with two attached hydrogens (primary N) is 3. The van der Waals surface area contributed by atoms with Crippen LogP contribution in [0.5, 0.6) is 5.75 Å². The Hall–Kier alpha value is -2.69. The molecule has 10 N–H and O–H groups in total. The molecule has 31 heavy (non-hydrogen) atoms. The number of unbranched alkanes of at least 4 members (excludes halogenated alkanes) is 2. The molecule has 10 nitrogen and oxygen atoms in total. The quantitative estimate of drug-likeness (QED) is 0.169. The van der Waals surface area contributed by atoms with Crippen LogP contribution in [0.25, 0.3) is 0 Å². The van der Waals surface area contributed by atoms with Gasteiger partial charge in [0.2, 0.25) is 11.8 Å². The zero-order valence-electron chi connectivity index (χ0n) is 18.7. The van der Waals surface area contributed by atoms with Crippen molar-refractivity contribution in [3.05, 3.63) is 29.8 Å². The average Bonchev–Trinajstić information content (AvgIpc) is 2.76. The van der Waals surface area contributed by atoms with E-state index in [-0.39, 0.29) is 18.6 Å². The number of aromatic hydroxyl groups is 1. The summed E-state index contributed by atoms with van der Waals surface area (Å²) in [6.45, 7) is 0.893. The van der Waals surface area contributed by atoms with Crippen molar-refractivity contribution in [2.24, 2.45) is 17.2 Å². The second kappa shape index (κ2) is 14.3. The molecule has 0 fully saturated rings. The summed E-state index contributed by atoms with van der Waals surface area (Å²) in [5.41, 5.74) is 13.8. The van der Waals surface area contributed by atoms with Crippen molar-refractivity contribution < 1.29 is 26.0 Å². The fraction of sp³-hybridized carbons (Fsp3) is 0.571. The Morgan fingerprint density at radius 3 is 2.03 bits per heavy atom. The molecule has 1 rings (SSSR count). The predicted molar refractivity (Wildman–Crippen MR) is 117 cm³/mol. The number of carbonyl (C=O) groups is 3. The normalized spacial score (nSPS) is 14.2. The Bertz CT molecular complexity index is 719. The lowest BCUT2D eigenvalue weighted by atomic mass is 10.0. The number of carbonyl (C=O) groups excluding carboxylic acids is 2. The first-order valence-corrected chi connectivity index (χ1v) is 10.5. The summed E-state index contributed by atoms with van der Waals surface area (Å²) in [6, 6.07) is 3.13. The minimum atomic E-state index is -1.17. The second-order valence-electron chi connectivity index (χ2n) is 7.45. The van der Waals surface area contributed by atoms with E-state index in [1.807, 2.05) is 0 Å². The number of carboxylic acids is 1. The highest BCUT2D eigenvalue weighted by Gasteiger charge is 2.28. The number of hydrogen-bond acceptors (Lipinski definition) is 7. The molecular weight excluding hydrogens is 402 g/mol. The van der Waals surface area contributed by atoms with Gasteiger partial charge in [-0.2, -0.15) is 0 Å². The van der Waals surface area contributed by atoms with E-state index < -0.39 is 35.9 Å². The first-order chi connectivity index (χ1) is 15.3. The third-order valence-electron chi connectivity index (χ3n) is 4.83. The van der Waals surface area contributed by atoms with Crippen LogP contribution in [0.3, 0.4) is 0 Å². The summed E-state index contributed by atoms with van der Waals surface area (Å²) in [7, 11) is 0. The Morgan fingerprint density at radius 2 is 1.48 bits per heavy atom. The summed E-state index contributed by atoms with van der Waals surface area (Å²) in [6.07, 6.45) is 3.18. The molecule has 0 unspecified atom stereocenters. The summed E-state index contributed by atoms with van der Waals surface area (Å²) < 4.78 is 7.43. The number of phenols is 1. The zero-order valence-corrected chi connectivity index (χ0v) is 17.7. The smallest absolute Gasteiger partial charge is 0.326 e. The Morgan fingerprint density at radius 1 is 0.903 bits per heavy atom. The first-order valence-electron chi connectivity index (χ1n) is 11.0. The number of aliphatic carboxylic acids is 1. The van der Waals surface area contributed by atoms with Crippen LogP contribution in [0.4, 0.5) is 0 Å². The number of carboxylic acid groups (broad SMARTS) is 1. The molecule has 0 spiro atoms. The van der Waals surface area contributed by atoms with E-state index >= 15 is 0 Å². The number of amides is 2. The second-order valence-corrected chi connectivity index (χ2v) is 7.45. The lowest BCUT2D eigenvalue weighted by Crippen LogP contribution is -2.55. The monoisotopic (exact) mass is 438 g/mol. The molecule has 174 valence electrons. The van der Waals surface area contributed by atoms with Crippen molar-refractivity contribution in [3.63, 3.8) is 0 Å². The molecule has 0 aliphatic rings. The molecule has 0 aromatic heterocycles. The van der Waals surface area contributed by atoms with Crippen molar-refractivity contribution in [1.82, 2.24) is 10.6 Å². The summed E-state index contributed by atoms with van der Waals surface area (Å²) in [5.74, 6) is -2.29. The maximum absolute atomic E-state index is 12.9. The van der Waals surface area contributed by atoms with Gasteiger partial charge < -0.3 is 38.0 Å². The minimum Gasteiger partial charge on any atom is -0.508 e. The van der Waals surface area contributed by atoms with E-state index in [0.29, 0.717) is 50.8 Å². The van der Waals surface area contributed by atoms with Gasteiger partial charge in [0.1, 0.15) is 19.2 Å². The van der Waals surface area contributed by atoms with Gasteiger partial charge in [0, 0.05) is 6.42 Å². The van der Waals surface area contributed by atoms with E-state index in [9.17, 15) is 24.6 Å². The summed E-state index contributed by atoms with van der Waals surface area (Å²) in [5, 5.41) is 24.0. The maximum Gasteiger partial charge on any atom is 0.326 e. The molecule has 1 aromatic rings. The highest BCUT2D eigenvalue weighted by molar-refractivity contribution is 5.91. The first kappa shape index (κ1) is 24.6. The van der Waals surface area contributed by atoms with Crippen LogP contribution in [0.15, 0.2) is 24.3 Å². The Kier molecular flexibility index (Phi) is 11.4. The van der Waals surface area contributed by atoms with Gasteiger partial charge in [0.25, 0.3) is 0 Å². The van der Waals surface area contributed by atoms with E-state index in [1.54, 1.807) is 12.1 Å². The van der Waals surface area contributed by atoms with Crippen molar-refractivity contribution in [2.45, 2.75) is 63.1 Å². The van der Waals surface area contributed by atoms with Gasteiger partial charge in [-0.1, -0.05) is 18.6 Å². The van der Waals surface area contributed by atoms with Crippen molar-refractivity contribution in [1.29, 1.82) is 0 Å². The largest absolute Gasteiger partial charge is 0.508 e. The Labute approximate surface area is 184 Å². The van der Waals surface area contributed by atoms with Crippen molar-refractivity contribution >= 4 is 17.8 Å². The van der Waals surface area contributed by atoms with E-state index in [4.69, 9.17) is 12.9 Å². The van der Waals surface area contributed by atoms with Gasteiger partial charge in [0.05, 0.1) is 6.04 Å². The van der Waals surface area contributed by atoms with E-state index in [0.717, 1.165) is 0 Å². The van der Waals surface area contributed by atoms with Crippen LogP contribution in [0.1, 0.15) is 44.1 Å². The molecule has 10 heteroatoms. The molecule has 3 atom stereocenters. The van der Waals surface area contributed by atoms with Crippen LogP contribution < -0.4 is 27.8 Å². The number of rotatable bonds is 16. The van der Waals surface area contributed by atoms with Gasteiger partial charge in [0.15, 0.2) is 0 Å². The lowest BCUT2D eigenvalue weighted by Gasteiger charge is -2.23. The number of nitrogens with one attached hydrogen (secondary N) is 2. The van der Waals surface area contributed by atoms with Crippen LogP contribution >= 0.6 is 0 Å². The topological polar surface area (TPSA) is 194 Å². The lowest BCUT2D eigenvalue weighted by molar-refractivity contribution is -0.142. The van der Waals surface area contributed by atoms with Crippen LogP contribution in [-0.2, 0) is 20.8 Å². The summed E-state index contributed by atoms with van der Waals surface area (Å²) >= 11 is 0. The highest BCUT2D eigenvalue weighted by Crippen LogP contribution is 2.12. The van der Waals surface area contributed by atoms with Crippen LogP contribution in [0.2, 0.25) is 1.41 Å². The van der Waals surface area contributed by atoms with Gasteiger partial charge in [-0.25, -0.2) is 4.79 Å².